The Bertz CT molecular complexity index is 1890. The molecule has 0 atom stereocenters. The lowest BCUT2D eigenvalue weighted by Crippen LogP contribution is -2.34. The first-order chi connectivity index (χ1) is 59.3. The Morgan fingerprint density at radius 3 is 0.492 bits per heavy atom. The molecule has 0 aromatic heterocycles. The minimum Gasteiger partial charge on any atom is -0.444 e. The maximum atomic E-state index is 12.1. The van der Waals surface area contributed by atoms with Crippen LogP contribution in [0, 0.1) is 0 Å². The molecule has 0 saturated heterocycles. The van der Waals surface area contributed by atoms with Gasteiger partial charge in [0, 0.05) is 317 Å². The summed E-state index contributed by atoms with van der Waals surface area (Å²) < 4.78 is 136. The number of carbonyl (C=O) groups excluding carboxylic acids is 2. The number of amides is 2. The van der Waals surface area contributed by atoms with Gasteiger partial charge in [-0.05, 0) is 175 Å². The molecule has 0 radical (unpaired) electrons. The van der Waals surface area contributed by atoms with E-state index in [0.717, 1.165) is 161 Å². The van der Waals surface area contributed by atoms with Crippen LogP contribution in [0.3, 0.4) is 0 Å². The van der Waals surface area contributed by atoms with E-state index in [9.17, 15) is 9.59 Å². The van der Waals surface area contributed by atoms with Crippen molar-refractivity contribution in [2.45, 2.75) is 271 Å². The van der Waals surface area contributed by atoms with E-state index in [4.69, 9.17) is 114 Å². The summed E-state index contributed by atoms with van der Waals surface area (Å²) in [4.78, 5) is 23.7. The van der Waals surface area contributed by atoms with E-state index < -0.39 is 11.7 Å². The highest BCUT2D eigenvalue weighted by molar-refractivity contribution is 5.75. The third-order valence-corrected chi connectivity index (χ3v) is 17.9. The third kappa shape index (κ3) is 112. The Kier molecular flexibility index (Phi) is 105. The molecule has 2 N–H and O–H groups in total. The number of carbonyl (C=O) groups is 2. The number of rotatable bonds is 109. The van der Waals surface area contributed by atoms with Gasteiger partial charge in [-0.1, -0.05) is 84.0 Å². The summed E-state index contributed by atoms with van der Waals surface area (Å²) in [6.45, 7) is 40.2. The van der Waals surface area contributed by atoms with Crippen molar-refractivity contribution in [3.05, 3.63) is 0 Å². The van der Waals surface area contributed by atoms with Crippen LogP contribution in [0.1, 0.15) is 265 Å². The highest BCUT2D eigenvalue weighted by atomic mass is 16.6. The minimum absolute atomic E-state index is 0.172. The Balaban J connectivity index is 3.12. The number of alkyl carbamates (subject to hydrolysis) is 1. The van der Waals surface area contributed by atoms with Gasteiger partial charge in [-0.3, -0.25) is 4.79 Å². The van der Waals surface area contributed by atoms with Crippen molar-refractivity contribution in [1.82, 2.24) is 10.6 Å². The summed E-state index contributed by atoms with van der Waals surface area (Å²) in [5, 5.41) is 5.70. The first-order valence-corrected chi connectivity index (χ1v) is 47.9. The maximum Gasteiger partial charge on any atom is 0.407 e. The van der Waals surface area contributed by atoms with Crippen LogP contribution in [0.25, 0.3) is 0 Å². The molecule has 0 aromatic carbocycles. The van der Waals surface area contributed by atoms with Gasteiger partial charge < -0.3 is 124 Å². The fraction of sp³-hybridized carbons (Fsp3) is 0.978. The summed E-state index contributed by atoms with van der Waals surface area (Å²) in [5.74, 6) is 0.172. The fourth-order valence-electron chi connectivity index (χ4n) is 11.5. The highest BCUT2D eigenvalue weighted by Crippen LogP contribution is 2.14. The van der Waals surface area contributed by atoms with Gasteiger partial charge in [0.05, 0.1) is 6.61 Å². The Morgan fingerprint density at radius 2 is 0.325 bits per heavy atom. The number of nitrogens with one attached hydrogen (secondary N) is 2. The minimum atomic E-state index is -0.503. The SMILES string of the molecule is CCCCCCCCCCCCCCCC(=O)NCCCOCCCOCCCOCCCOCCCOCCCOCCCOCCCOCCCOCCCOCCCOCCCOCCCOCCCOCCCOCCCOCCCOCCCOCCCOCCCOCCCOCCCOCCCOCCNC(=O)OC(C)(C)C. The van der Waals surface area contributed by atoms with Gasteiger partial charge in [0.25, 0.3) is 0 Å². The zero-order valence-corrected chi connectivity index (χ0v) is 77.2. The van der Waals surface area contributed by atoms with Crippen molar-refractivity contribution < 1.29 is 123 Å². The largest absolute Gasteiger partial charge is 0.444 e. The molecule has 120 heavy (non-hydrogen) atoms. The average Bonchev–Trinajstić information content (AvgIpc) is 0.950. The second-order valence-corrected chi connectivity index (χ2v) is 31.0. The van der Waals surface area contributed by atoms with Crippen LogP contribution in [-0.4, -0.2) is 335 Å². The van der Waals surface area contributed by atoms with E-state index in [0.29, 0.717) is 323 Å². The summed E-state index contributed by atoms with van der Waals surface area (Å²) in [6, 6.07) is 0. The van der Waals surface area contributed by atoms with Crippen LogP contribution < -0.4 is 10.6 Å². The van der Waals surface area contributed by atoms with Gasteiger partial charge >= 0.3 is 6.09 Å². The lowest BCUT2D eigenvalue weighted by molar-refractivity contribution is -0.121. The lowest BCUT2D eigenvalue weighted by Gasteiger charge is -2.19. The summed E-state index contributed by atoms with van der Waals surface area (Å²) in [5.41, 5.74) is -0.503. The summed E-state index contributed by atoms with van der Waals surface area (Å²) in [6.07, 6.45) is 37.4. The van der Waals surface area contributed by atoms with Crippen molar-refractivity contribution >= 4 is 12.0 Å². The van der Waals surface area contributed by atoms with Crippen molar-refractivity contribution in [3.63, 3.8) is 0 Å². The molecule has 0 rings (SSSR count). The van der Waals surface area contributed by atoms with Gasteiger partial charge in [-0.25, -0.2) is 4.79 Å². The molecule has 0 unspecified atom stereocenters. The van der Waals surface area contributed by atoms with Gasteiger partial charge in [-0.2, -0.15) is 0 Å². The van der Waals surface area contributed by atoms with Crippen LogP contribution in [0.5, 0.6) is 0 Å². The van der Waals surface area contributed by atoms with Crippen molar-refractivity contribution in [2.24, 2.45) is 0 Å². The molecule has 718 valence electrons. The molecule has 0 heterocycles. The van der Waals surface area contributed by atoms with Gasteiger partial charge in [0.2, 0.25) is 5.91 Å². The summed E-state index contributed by atoms with van der Waals surface area (Å²) >= 11 is 0. The second kappa shape index (κ2) is 107. The van der Waals surface area contributed by atoms with E-state index in [-0.39, 0.29) is 5.91 Å². The molecule has 0 saturated carbocycles. The van der Waals surface area contributed by atoms with Crippen LogP contribution in [0.4, 0.5) is 4.79 Å². The zero-order valence-electron chi connectivity index (χ0n) is 77.2. The molecule has 0 aliphatic heterocycles. The van der Waals surface area contributed by atoms with E-state index in [1.807, 2.05) is 20.8 Å². The Morgan fingerprint density at radius 1 is 0.175 bits per heavy atom. The molecular weight excluding hydrogens is 1550 g/mol. The van der Waals surface area contributed by atoms with Crippen molar-refractivity contribution in [2.75, 3.05) is 317 Å². The quantitative estimate of drug-likeness (QED) is 0.0535. The van der Waals surface area contributed by atoms with Crippen molar-refractivity contribution in [3.8, 4) is 0 Å². The lowest BCUT2D eigenvalue weighted by atomic mass is 10.0. The molecule has 28 heteroatoms. The van der Waals surface area contributed by atoms with Crippen LogP contribution in [0.2, 0.25) is 0 Å². The molecule has 2 amide bonds. The van der Waals surface area contributed by atoms with Crippen LogP contribution in [0.15, 0.2) is 0 Å². The first kappa shape index (κ1) is 118. The van der Waals surface area contributed by atoms with E-state index in [2.05, 4.69) is 17.6 Å². The van der Waals surface area contributed by atoms with E-state index in [1.54, 1.807) is 0 Å². The number of hydrogen-bond acceptors (Lipinski definition) is 26. The molecule has 28 nitrogen and oxygen atoms in total. The monoisotopic (exact) mass is 1730 g/mol. The molecule has 0 aliphatic carbocycles. The van der Waals surface area contributed by atoms with Crippen LogP contribution >= 0.6 is 0 Å². The van der Waals surface area contributed by atoms with Gasteiger partial charge in [-0.15, -0.1) is 0 Å². The Labute approximate surface area is 730 Å². The first-order valence-electron chi connectivity index (χ1n) is 47.9. The topological polar surface area (TPSA) is 280 Å². The average molecular weight is 1730 g/mol. The smallest absolute Gasteiger partial charge is 0.407 e. The molecule has 0 bridgehead atoms. The predicted octanol–water partition coefficient (Wildman–Crippen LogP) is 15.5. The zero-order chi connectivity index (χ0) is 86.1. The van der Waals surface area contributed by atoms with E-state index >= 15 is 0 Å². The number of unbranched alkanes of at least 4 members (excludes halogenated alkanes) is 12. The number of ether oxygens (including phenoxy) is 24. The molecular formula is C92H184N2O26. The predicted molar refractivity (Wildman–Crippen MR) is 473 cm³/mol. The van der Waals surface area contributed by atoms with Gasteiger partial charge in [0.1, 0.15) is 5.60 Å². The standard InChI is InChI=1S/C92H184N2O26/c1-5-6-7-8-9-10-11-12-13-14-15-16-17-41-90(95)93-42-18-44-97-45-19-46-98-47-20-48-99-49-21-50-100-51-22-52-101-53-23-54-102-55-24-56-103-57-25-58-104-59-26-60-105-61-27-62-106-63-28-64-107-65-29-66-108-67-30-68-109-69-31-70-110-71-32-72-111-73-33-74-112-75-34-76-113-77-35-78-114-79-36-80-115-81-37-82-116-83-38-84-117-85-39-86-118-87-40-88-119-89-43-94-91(96)120-92(2,3)4/h5-89H2,1-4H3,(H,93,95)(H,94,96). The van der Waals surface area contributed by atoms with Crippen LogP contribution in [-0.2, 0) is 118 Å². The number of hydrogen-bond donors (Lipinski definition) is 2. The molecule has 0 aliphatic rings. The van der Waals surface area contributed by atoms with E-state index in [1.165, 1.54) is 70.6 Å². The normalized spacial score (nSPS) is 11.8. The fourth-order valence-corrected chi connectivity index (χ4v) is 11.5. The van der Waals surface area contributed by atoms with Crippen molar-refractivity contribution in [1.29, 1.82) is 0 Å². The highest BCUT2D eigenvalue weighted by Gasteiger charge is 2.16. The molecule has 0 aromatic rings. The third-order valence-electron chi connectivity index (χ3n) is 17.9. The molecule has 0 spiro atoms. The molecule has 0 fully saturated rings. The maximum absolute atomic E-state index is 12.1. The Hall–Kier alpha value is -2.18. The van der Waals surface area contributed by atoms with Gasteiger partial charge in [0.15, 0.2) is 0 Å². The summed E-state index contributed by atoms with van der Waals surface area (Å²) in [7, 11) is 0. The second-order valence-electron chi connectivity index (χ2n) is 31.0.